The van der Waals surface area contributed by atoms with Crippen LogP contribution in [0.4, 0.5) is 0 Å². The lowest BCUT2D eigenvalue weighted by Gasteiger charge is -2.29. The van der Waals surface area contributed by atoms with E-state index in [0.29, 0.717) is 5.92 Å². The monoisotopic (exact) mass is 298 g/mol. The van der Waals surface area contributed by atoms with Gasteiger partial charge >= 0.3 is 0 Å². The molecule has 1 aromatic carbocycles. The molecule has 0 N–H and O–H groups in total. The van der Waals surface area contributed by atoms with E-state index in [4.69, 9.17) is 4.74 Å². The summed E-state index contributed by atoms with van der Waals surface area (Å²) in [5.41, 5.74) is 2.72. The summed E-state index contributed by atoms with van der Waals surface area (Å²) < 4.78 is 5.97. The SMILES string of the molecule is Cc1ccc(C)c(OCC(CBr)C(C)(C)C)c1. The van der Waals surface area contributed by atoms with E-state index in [1.807, 2.05) is 0 Å². The van der Waals surface area contributed by atoms with Crippen molar-refractivity contribution >= 4 is 15.9 Å². The van der Waals surface area contributed by atoms with E-state index >= 15 is 0 Å². The Morgan fingerprint density at radius 3 is 2.41 bits per heavy atom. The van der Waals surface area contributed by atoms with Gasteiger partial charge in [0.2, 0.25) is 0 Å². The fourth-order valence-electron chi connectivity index (χ4n) is 1.58. The Labute approximate surface area is 114 Å². The largest absolute Gasteiger partial charge is 0.493 e. The minimum atomic E-state index is 0.265. The fraction of sp³-hybridized carbons (Fsp3) is 0.600. The van der Waals surface area contributed by atoms with Crippen LogP contribution in [-0.4, -0.2) is 11.9 Å². The van der Waals surface area contributed by atoms with E-state index in [2.05, 4.69) is 68.7 Å². The molecule has 0 aliphatic rings. The first-order valence-electron chi connectivity index (χ1n) is 6.10. The van der Waals surface area contributed by atoms with Gasteiger partial charge in [-0.05, 0) is 36.5 Å². The van der Waals surface area contributed by atoms with Crippen molar-refractivity contribution in [2.24, 2.45) is 11.3 Å². The molecule has 0 aliphatic carbocycles. The summed E-state index contributed by atoms with van der Waals surface area (Å²) in [6.07, 6.45) is 0. The molecule has 0 spiro atoms. The lowest BCUT2D eigenvalue weighted by Crippen LogP contribution is -2.28. The highest BCUT2D eigenvalue weighted by molar-refractivity contribution is 9.09. The van der Waals surface area contributed by atoms with E-state index in [1.165, 1.54) is 11.1 Å². The summed E-state index contributed by atoms with van der Waals surface area (Å²) in [6.45, 7) is 11.7. The molecule has 0 saturated carbocycles. The number of hydrogen-bond acceptors (Lipinski definition) is 1. The molecule has 1 aromatic rings. The first kappa shape index (κ1) is 14.6. The number of alkyl halides is 1. The van der Waals surface area contributed by atoms with Crippen LogP contribution >= 0.6 is 15.9 Å². The van der Waals surface area contributed by atoms with Crippen molar-refractivity contribution in [2.75, 3.05) is 11.9 Å². The van der Waals surface area contributed by atoms with Crippen LogP contribution in [0.25, 0.3) is 0 Å². The van der Waals surface area contributed by atoms with Gasteiger partial charge in [0.25, 0.3) is 0 Å². The number of hydrogen-bond donors (Lipinski definition) is 0. The quantitative estimate of drug-likeness (QED) is 0.730. The smallest absolute Gasteiger partial charge is 0.122 e. The second-order valence-electron chi connectivity index (χ2n) is 5.80. The summed E-state index contributed by atoms with van der Waals surface area (Å²) >= 11 is 3.58. The summed E-state index contributed by atoms with van der Waals surface area (Å²) in [6, 6.07) is 6.35. The first-order chi connectivity index (χ1) is 7.84. The van der Waals surface area contributed by atoms with Crippen LogP contribution in [0.1, 0.15) is 31.9 Å². The third kappa shape index (κ3) is 4.34. The molecule has 1 atom stereocenters. The number of rotatable bonds is 4. The Balaban J connectivity index is 2.69. The molecule has 0 radical (unpaired) electrons. The van der Waals surface area contributed by atoms with Crippen molar-refractivity contribution in [1.29, 1.82) is 0 Å². The third-order valence-corrected chi connectivity index (χ3v) is 3.98. The standard InChI is InChI=1S/C15H23BrO/c1-11-6-7-12(2)14(8-11)17-10-13(9-16)15(3,4)5/h6-8,13H,9-10H2,1-5H3. The fourth-order valence-corrected chi connectivity index (χ4v) is 2.74. The molecular weight excluding hydrogens is 276 g/mol. The van der Waals surface area contributed by atoms with Gasteiger partial charge in [-0.1, -0.05) is 48.8 Å². The van der Waals surface area contributed by atoms with E-state index in [-0.39, 0.29) is 5.41 Å². The van der Waals surface area contributed by atoms with Crippen molar-refractivity contribution < 1.29 is 4.74 Å². The van der Waals surface area contributed by atoms with Gasteiger partial charge in [0.15, 0.2) is 0 Å². The van der Waals surface area contributed by atoms with Crippen molar-refractivity contribution in [1.82, 2.24) is 0 Å². The highest BCUT2D eigenvalue weighted by Crippen LogP contribution is 2.29. The molecule has 0 aliphatic heterocycles. The Kier molecular flexibility index (Phi) is 5.05. The van der Waals surface area contributed by atoms with Gasteiger partial charge in [-0.2, -0.15) is 0 Å². The molecule has 1 unspecified atom stereocenters. The lowest BCUT2D eigenvalue weighted by atomic mass is 9.83. The molecule has 0 saturated heterocycles. The van der Waals surface area contributed by atoms with Crippen LogP contribution in [0.15, 0.2) is 18.2 Å². The second kappa shape index (κ2) is 5.90. The van der Waals surface area contributed by atoms with Crippen LogP contribution < -0.4 is 4.74 Å². The van der Waals surface area contributed by atoms with Gasteiger partial charge in [0.1, 0.15) is 5.75 Å². The minimum Gasteiger partial charge on any atom is -0.493 e. The topological polar surface area (TPSA) is 9.23 Å². The van der Waals surface area contributed by atoms with E-state index in [0.717, 1.165) is 17.7 Å². The Hall–Kier alpha value is -0.500. The molecule has 1 rings (SSSR count). The number of ether oxygens (including phenoxy) is 1. The molecule has 0 bridgehead atoms. The number of halogens is 1. The summed E-state index contributed by atoms with van der Waals surface area (Å²) in [5.74, 6) is 1.53. The van der Waals surface area contributed by atoms with E-state index < -0.39 is 0 Å². The molecule has 96 valence electrons. The molecule has 1 nitrogen and oxygen atoms in total. The summed E-state index contributed by atoms with van der Waals surface area (Å²) in [7, 11) is 0. The predicted molar refractivity (Wildman–Crippen MR) is 78.2 cm³/mol. The third-order valence-electron chi connectivity index (χ3n) is 3.19. The van der Waals surface area contributed by atoms with Crippen LogP contribution in [0, 0.1) is 25.2 Å². The van der Waals surface area contributed by atoms with Crippen LogP contribution in [0.3, 0.4) is 0 Å². The highest BCUT2D eigenvalue weighted by atomic mass is 79.9. The number of benzene rings is 1. The first-order valence-corrected chi connectivity index (χ1v) is 7.22. The highest BCUT2D eigenvalue weighted by Gasteiger charge is 2.24. The van der Waals surface area contributed by atoms with Crippen molar-refractivity contribution in [3.8, 4) is 5.75 Å². The average Bonchev–Trinajstić information content (AvgIpc) is 2.22. The van der Waals surface area contributed by atoms with Gasteiger partial charge in [-0.3, -0.25) is 0 Å². The maximum Gasteiger partial charge on any atom is 0.122 e. The van der Waals surface area contributed by atoms with Gasteiger partial charge in [0, 0.05) is 11.2 Å². The molecule has 0 heterocycles. The maximum atomic E-state index is 5.97. The molecule has 0 fully saturated rings. The van der Waals surface area contributed by atoms with Crippen LogP contribution in [-0.2, 0) is 0 Å². The van der Waals surface area contributed by atoms with Gasteiger partial charge in [-0.25, -0.2) is 0 Å². The van der Waals surface area contributed by atoms with Crippen molar-refractivity contribution in [3.05, 3.63) is 29.3 Å². The maximum absolute atomic E-state index is 5.97. The Bertz CT molecular complexity index is 366. The molecular formula is C15H23BrO. The minimum absolute atomic E-state index is 0.265. The summed E-state index contributed by atoms with van der Waals surface area (Å²) in [4.78, 5) is 0. The van der Waals surface area contributed by atoms with Gasteiger partial charge < -0.3 is 4.74 Å². The van der Waals surface area contributed by atoms with Crippen molar-refractivity contribution in [3.63, 3.8) is 0 Å². The van der Waals surface area contributed by atoms with E-state index in [9.17, 15) is 0 Å². The van der Waals surface area contributed by atoms with Gasteiger partial charge in [-0.15, -0.1) is 0 Å². The normalized spacial score (nSPS) is 13.5. The molecule has 0 amide bonds. The van der Waals surface area contributed by atoms with Gasteiger partial charge in [0.05, 0.1) is 6.61 Å². The Morgan fingerprint density at radius 1 is 1.24 bits per heavy atom. The zero-order chi connectivity index (χ0) is 13.1. The van der Waals surface area contributed by atoms with E-state index in [1.54, 1.807) is 0 Å². The molecule has 17 heavy (non-hydrogen) atoms. The lowest BCUT2D eigenvalue weighted by molar-refractivity contribution is 0.165. The second-order valence-corrected chi connectivity index (χ2v) is 6.44. The Morgan fingerprint density at radius 2 is 1.88 bits per heavy atom. The molecule has 0 aromatic heterocycles. The average molecular weight is 299 g/mol. The number of aryl methyl sites for hydroxylation is 2. The predicted octanol–water partition coefficient (Wildman–Crippen LogP) is 4.74. The van der Waals surface area contributed by atoms with Crippen molar-refractivity contribution in [2.45, 2.75) is 34.6 Å². The summed E-state index contributed by atoms with van der Waals surface area (Å²) in [5, 5.41) is 0.974. The zero-order valence-corrected chi connectivity index (χ0v) is 13.1. The molecule has 2 heteroatoms. The zero-order valence-electron chi connectivity index (χ0n) is 11.5. The van der Waals surface area contributed by atoms with Crippen LogP contribution in [0.5, 0.6) is 5.75 Å². The van der Waals surface area contributed by atoms with Crippen LogP contribution in [0.2, 0.25) is 0 Å².